The van der Waals surface area contributed by atoms with Crippen molar-refractivity contribution in [3.8, 4) is 0 Å². The fourth-order valence-electron chi connectivity index (χ4n) is 2.63. The van der Waals surface area contributed by atoms with E-state index in [1.165, 1.54) is 31.2 Å². The number of rotatable bonds is 2. The highest BCUT2D eigenvalue weighted by molar-refractivity contribution is 5.20. The van der Waals surface area contributed by atoms with Crippen LogP contribution in [0, 0.1) is 5.92 Å². The lowest BCUT2D eigenvalue weighted by Gasteiger charge is -2.30. The molecule has 1 saturated carbocycles. The minimum atomic E-state index is 0.714. The second-order valence-electron chi connectivity index (χ2n) is 4.30. The van der Waals surface area contributed by atoms with Crippen molar-refractivity contribution in [2.24, 2.45) is 11.7 Å². The molecule has 0 heterocycles. The maximum atomic E-state index is 5.83. The lowest BCUT2D eigenvalue weighted by atomic mass is 9.75. The van der Waals surface area contributed by atoms with E-state index in [1.807, 2.05) is 0 Å². The second-order valence-corrected chi connectivity index (χ2v) is 4.30. The van der Waals surface area contributed by atoms with Gasteiger partial charge in [0.1, 0.15) is 0 Å². The predicted octanol–water partition coefficient (Wildman–Crippen LogP) is 2.92. The van der Waals surface area contributed by atoms with Crippen molar-refractivity contribution in [2.75, 3.05) is 6.54 Å². The van der Waals surface area contributed by atoms with Crippen LogP contribution in [0.5, 0.6) is 0 Å². The van der Waals surface area contributed by atoms with E-state index in [4.69, 9.17) is 5.73 Å². The third-order valence-corrected chi connectivity index (χ3v) is 3.44. The molecule has 0 aromatic heterocycles. The summed E-state index contributed by atoms with van der Waals surface area (Å²) >= 11 is 0. The Morgan fingerprint density at radius 3 is 2.50 bits per heavy atom. The van der Waals surface area contributed by atoms with E-state index in [0.29, 0.717) is 5.92 Å². The van der Waals surface area contributed by atoms with Crippen LogP contribution in [0.15, 0.2) is 30.3 Å². The average Bonchev–Trinajstić information content (AvgIpc) is 2.30. The average molecular weight is 189 g/mol. The summed E-state index contributed by atoms with van der Waals surface area (Å²) in [7, 11) is 0. The molecular weight excluding hydrogens is 170 g/mol. The minimum Gasteiger partial charge on any atom is -0.330 e. The van der Waals surface area contributed by atoms with Gasteiger partial charge < -0.3 is 5.73 Å². The number of hydrogen-bond acceptors (Lipinski definition) is 1. The maximum absolute atomic E-state index is 5.83. The third-order valence-electron chi connectivity index (χ3n) is 3.44. The Bertz CT molecular complexity index is 268. The Morgan fingerprint density at radius 1 is 1.07 bits per heavy atom. The van der Waals surface area contributed by atoms with Gasteiger partial charge in [-0.1, -0.05) is 43.2 Å². The van der Waals surface area contributed by atoms with Gasteiger partial charge in [-0.25, -0.2) is 0 Å². The molecule has 0 saturated heterocycles. The highest BCUT2D eigenvalue weighted by Gasteiger charge is 2.24. The molecule has 2 N–H and O–H groups in total. The van der Waals surface area contributed by atoms with Crippen molar-refractivity contribution >= 4 is 0 Å². The second kappa shape index (κ2) is 4.61. The molecule has 0 unspecified atom stereocenters. The first-order chi connectivity index (χ1) is 6.92. The highest BCUT2D eigenvalue weighted by Crippen LogP contribution is 2.36. The van der Waals surface area contributed by atoms with Crippen molar-refractivity contribution in [3.05, 3.63) is 35.9 Å². The Labute approximate surface area is 86.3 Å². The first-order valence-electron chi connectivity index (χ1n) is 5.67. The van der Waals surface area contributed by atoms with Gasteiger partial charge in [-0.05, 0) is 36.8 Å². The zero-order chi connectivity index (χ0) is 9.80. The monoisotopic (exact) mass is 189 g/mol. The first-order valence-corrected chi connectivity index (χ1v) is 5.67. The molecule has 0 bridgehead atoms. The molecule has 1 aromatic carbocycles. The van der Waals surface area contributed by atoms with E-state index in [0.717, 1.165) is 12.5 Å². The van der Waals surface area contributed by atoms with Crippen molar-refractivity contribution in [3.63, 3.8) is 0 Å². The van der Waals surface area contributed by atoms with Crippen molar-refractivity contribution < 1.29 is 0 Å². The summed E-state index contributed by atoms with van der Waals surface area (Å²) in [6.07, 6.45) is 5.38. The largest absolute Gasteiger partial charge is 0.330 e. The van der Waals surface area contributed by atoms with Gasteiger partial charge in [0.05, 0.1) is 0 Å². The molecule has 0 amide bonds. The van der Waals surface area contributed by atoms with E-state index >= 15 is 0 Å². The summed E-state index contributed by atoms with van der Waals surface area (Å²) < 4.78 is 0. The molecule has 1 aliphatic rings. The molecule has 1 fully saturated rings. The van der Waals surface area contributed by atoms with Crippen LogP contribution >= 0.6 is 0 Å². The molecule has 2 rings (SSSR count). The molecule has 0 radical (unpaired) electrons. The summed E-state index contributed by atoms with van der Waals surface area (Å²) in [6.45, 7) is 0.847. The lowest BCUT2D eigenvalue weighted by molar-refractivity contribution is 0.314. The van der Waals surface area contributed by atoms with E-state index in [9.17, 15) is 0 Å². The summed E-state index contributed by atoms with van der Waals surface area (Å²) in [5.41, 5.74) is 7.32. The smallest absolute Gasteiger partial charge is 0.00430 e. The maximum Gasteiger partial charge on any atom is -0.00430 e. The summed E-state index contributed by atoms with van der Waals surface area (Å²) in [6, 6.07) is 10.9. The molecule has 1 aliphatic carbocycles. The normalized spacial score (nSPS) is 27.5. The van der Waals surface area contributed by atoms with E-state index < -0.39 is 0 Å². The number of nitrogens with two attached hydrogens (primary N) is 1. The molecule has 1 aromatic rings. The van der Waals surface area contributed by atoms with Gasteiger partial charge in [-0.3, -0.25) is 0 Å². The summed E-state index contributed by atoms with van der Waals surface area (Å²) in [5.74, 6) is 1.43. The summed E-state index contributed by atoms with van der Waals surface area (Å²) in [5, 5.41) is 0. The first kappa shape index (κ1) is 9.72. The molecule has 2 atom stereocenters. The lowest BCUT2D eigenvalue weighted by Crippen LogP contribution is -2.25. The zero-order valence-corrected chi connectivity index (χ0v) is 8.65. The van der Waals surface area contributed by atoms with Gasteiger partial charge in [0.15, 0.2) is 0 Å². The van der Waals surface area contributed by atoms with Gasteiger partial charge in [0.2, 0.25) is 0 Å². The van der Waals surface area contributed by atoms with Crippen LogP contribution in [-0.4, -0.2) is 6.54 Å². The van der Waals surface area contributed by atoms with Crippen LogP contribution in [0.25, 0.3) is 0 Å². The minimum absolute atomic E-state index is 0.714. The van der Waals surface area contributed by atoms with Gasteiger partial charge >= 0.3 is 0 Å². The van der Waals surface area contributed by atoms with E-state index in [-0.39, 0.29) is 0 Å². The van der Waals surface area contributed by atoms with E-state index in [2.05, 4.69) is 30.3 Å². The standard InChI is InChI=1S/C13H19N/c14-10-12-8-4-5-9-13(12)11-6-2-1-3-7-11/h1-3,6-7,12-13H,4-5,8-10,14H2/t12-,13-/m1/s1. The number of benzene rings is 1. The Morgan fingerprint density at radius 2 is 1.79 bits per heavy atom. The fourth-order valence-corrected chi connectivity index (χ4v) is 2.63. The fraction of sp³-hybridized carbons (Fsp3) is 0.538. The van der Waals surface area contributed by atoms with Gasteiger partial charge in [0.25, 0.3) is 0 Å². The Kier molecular flexibility index (Phi) is 3.20. The summed E-state index contributed by atoms with van der Waals surface area (Å²) in [4.78, 5) is 0. The van der Waals surface area contributed by atoms with Crippen LogP contribution in [-0.2, 0) is 0 Å². The van der Waals surface area contributed by atoms with Crippen LogP contribution in [0.4, 0.5) is 0 Å². The van der Waals surface area contributed by atoms with Crippen molar-refractivity contribution in [2.45, 2.75) is 31.6 Å². The van der Waals surface area contributed by atoms with Crippen LogP contribution in [0.3, 0.4) is 0 Å². The van der Waals surface area contributed by atoms with Crippen molar-refractivity contribution in [1.82, 2.24) is 0 Å². The molecule has 1 heteroatoms. The van der Waals surface area contributed by atoms with Crippen LogP contribution in [0.2, 0.25) is 0 Å². The van der Waals surface area contributed by atoms with Gasteiger partial charge in [-0.2, -0.15) is 0 Å². The Hall–Kier alpha value is -0.820. The molecule has 76 valence electrons. The molecular formula is C13H19N. The molecule has 1 nitrogen and oxygen atoms in total. The van der Waals surface area contributed by atoms with Crippen LogP contribution < -0.4 is 5.73 Å². The predicted molar refractivity (Wildman–Crippen MR) is 60.2 cm³/mol. The topological polar surface area (TPSA) is 26.0 Å². The molecule has 14 heavy (non-hydrogen) atoms. The SMILES string of the molecule is NC[C@H]1CCCC[C@@H]1c1ccccc1. The van der Waals surface area contributed by atoms with Gasteiger partial charge in [-0.15, -0.1) is 0 Å². The molecule has 0 spiro atoms. The van der Waals surface area contributed by atoms with Gasteiger partial charge in [0, 0.05) is 0 Å². The zero-order valence-electron chi connectivity index (χ0n) is 8.65. The van der Waals surface area contributed by atoms with Crippen LogP contribution in [0.1, 0.15) is 37.2 Å². The quantitative estimate of drug-likeness (QED) is 0.760. The van der Waals surface area contributed by atoms with E-state index in [1.54, 1.807) is 0 Å². The Balaban J connectivity index is 2.15. The molecule has 0 aliphatic heterocycles. The number of hydrogen-bond donors (Lipinski definition) is 1. The highest BCUT2D eigenvalue weighted by atomic mass is 14.6. The third kappa shape index (κ3) is 1.98. The van der Waals surface area contributed by atoms with Crippen molar-refractivity contribution in [1.29, 1.82) is 0 Å².